The summed E-state index contributed by atoms with van der Waals surface area (Å²) in [6.45, 7) is 7.19. The minimum atomic E-state index is -5.57. The van der Waals surface area contributed by atoms with Gasteiger partial charge in [0.15, 0.2) is 0 Å². The fourth-order valence-corrected chi connectivity index (χ4v) is 9.38. The Balaban J connectivity index is 2.11. The topological polar surface area (TPSA) is 54.0 Å². The number of Topliss-reactive ketones (excluding diaryl/α,β-unsaturated/α-hetero) is 1. The van der Waals surface area contributed by atoms with Crippen LogP contribution in [0.4, 0.5) is 26.3 Å². The van der Waals surface area contributed by atoms with Crippen LogP contribution < -0.4 is 4.52 Å². The third-order valence-corrected chi connectivity index (χ3v) is 10.6. The van der Waals surface area contributed by atoms with E-state index >= 15 is 0 Å². The number of fused-ring (bicyclic) bond motifs is 2. The second kappa shape index (κ2) is 5.55. The van der Waals surface area contributed by atoms with E-state index in [0.717, 1.165) is 24.2 Å². The third kappa shape index (κ3) is 2.42. The molecule has 0 amide bonds. The molecule has 1 saturated heterocycles. The molecule has 1 fully saturated rings. The van der Waals surface area contributed by atoms with Gasteiger partial charge in [0.2, 0.25) is 0 Å². The zero-order chi connectivity index (χ0) is 23.5. The zero-order valence-corrected chi connectivity index (χ0v) is 18.0. The van der Waals surface area contributed by atoms with Crippen molar-refractivity contribution in [3.05, 3.63) is 40.9 Å². The van der Waals surface area contributed by atoms with Crippen molar-refractivity contribution in [3.63, 3.8) is 0 Å². The molecule has 12 heteroatoms. The molecule has 0 radical (unpaired) electrons. The number of carbonyl (C=O) groups is 1. The second-order valence-corrected chi connectivity index (χ2v) is 12.2. The van der Waals surface area contributed by atoms with Crippen LogP contribution in [0, 0.1) is 6.92 Å². The van der Waals surface area contributed by atoms with E-state index in [9.17, 15) is 31.1 Å². The molecular formula is C19H19F6O5P. The van der Waals surface area contributed by atoms with Crippen LogP contribution in [0.25, 0.3) is 0 Å². The molecule has 1 aromatic carbocycles. The molecule has 0 N–H and O–H groups in total. The van der Waals surface area contributed by atoms with Crippen LogP contribution in [0.2, 0.25) is 0 Å². The zero-order valence-electron chi connectivity index (χ0n) is 17.1. The summed E-state index contributed by atoms with van der Waals surface area (Å²) in [6, 6.07) is 1.81. The van der Waals surface area contributed by atoms with Gasteiger partial charge in [-0.25, -0.2) is 0 Å². The van der Waals surface area contributed by atoms with Gasteiger partial charge < -0.3 is 0 Å². The molecule has 1 atom stereocenters. The minimum absolute atomic E-state index is 0.0228. The molecule has 1 aromatic rings. The normalized spacial score (nSPS) is 30.1. The van der Waals surface area contributed by atoms with Gasteiger partial charge in [0.1, 0.15) is 0 Å². The Morgan fingerprint density at radius 3 is 2.00 bits per heavy atom. The molecule has 0 aliphatic carbocycles. The summed E-state index contributed by atoms with van der Waals surface area (Å²) >= 11 is 0. The van der Waals surface area contributed by atoms with E-state index in [-0.39, 0.29) is 5.56 Å². The van der Waals surface area contributed by atoms with Crippen LogP contribution in [0.1, 0.15) is 49.2 Å². The molecule has 4 rings (SSSR count). The van der Waals surface area contributed by atoms with Gasteiger partial charge in [-0.3, -0.25) is 0 Å². The van der Waals surface area contributed by atoms with Crippen molar-refractivity contribution in [2.75, 3.05) is 0 Å². The van der Waals surface area contributed by atoms with Gasteiger partial charge >= 0.3 is 173 Å². The van der Waals surface area contributed by atoms with E-state index < -0.39 is 58.8 Å². The van der Waals surface area contributed by atoms with Gasteiger partial charge in [0.05, 0.1) is 0 Å². The van der Waals surface area contributed by atoms with E-state index in [4.69, 9.17) is 18.3 Å². The van der Waals surface area contributed by atoms with Crippen molar-refractivity contribution in [3.8, 4) is 5.75 Å². The molecule has 31 heavy (non-hydrogen) atoms. The van der Waals surface area contributed by atoms with E-state index in [1.165, 1.54) is 34.6 Å². The quantitative estimate of drug-likeness (QED) is 0.275. The summed E-state index contributed by atoms with van der Waals surface area (Å²) in [5.74, 6) is -2.36. The molecule has 3 heterocycles. The molecule has 5 nitrogen and oxygen atoms in total. The number of hydrogen-bond acceptors (Lipinski definition) is 5. The van der Waals surface area contributed by atoms with E-state index in [1.807, 2.05) is 0 Å². The van der Waals surface area contributed by atoms with Gasteiger partial charge in [-0.2, -0.15) is 0 Å². The summed E-state index contributed by atoms with van der Waals surface area (Å²) in [4.78, 5) is 12.1. The van der Waals surface area contributed by atoms with Crippen LogP contribution in [0.5, 0.6) is 5.75 Å². The Hall–Kier alpha value is -1.84. The summed E-state index contributed by atoms with van der Waals surface area (Å²) in [5.41, 5.74) is -4.59. The Morgan fingerprint density at radius 2 is 1.52 bits per heavy atom. The first kappa shape index (κ1) is 22.4. The number of aryl methyl sites for hydroxylation is 1. The number of halogens is 6. The van der Waals surface area contributed by atoms with Crippen molar-refractivity contribution in [2.24, 2.45) is 0 Å². The van der Waals surface area contributed by atoms with Gasteiger partial charge in [-0.15, -0.1) is 0 Å². The Bertz CT molecular complexity index is 1030. The van der Waals surface area contributed by atoms with Gasteiger partial charge in [0, 0.05) is 0 Å². The van der Waals surface area contributed by atoms with E-state index in [2.05, 4.69) is 0 Å². The van der Waals surface area contributed by atoms with Crippen LogP contribution >= 0.6 is 7.28 Å². The van der Waals surface area contributed by atoms with Gasteiger partial charge in [-0.1, -0.05) is 0 Å². The number of rotatable bonds is 1. The van der Waals surface area contributed by atoms with Gasteiger partial charge in [-0.05, 0) is 0 Å². The maximum absolute atomic E-state index is 14.8. The molecule has 172 valence electrons. The molecule has 3 aliphatic rings. The Kier molecular flexibility index (Phi) is 4.01. The van der Waals surface area contributed by atoms with Crippen molar-refractivity contribution in [2.45, 2.75) is 63.5 Å². The first-order valence-electron chi connectivity index (χ1n) is 9.16. The van der Waals surface area contributed by atoms with E-state index in [1.54, 1.807) is 0 Å². The second-order valence-electron chi connectivity index (χ2n) is 8.80. The SMILES string of the molecule is Cc1cc(C(=O)C(F)(F)F)c2c(c1)C1(C(F)(F)F)OC=CP13(O2)OC(C)(C)C(C)(C)O3. The van der Waals surface area contributed by atoms with Crippen molar-refractivity contribution >= 4 is 13.1 Å². The number of ether oxygens (including phenoxy) is 1. The fourth-order valence-electron chi connectivity index (χ4n) is 4.20. The first-order valence-corrected chi connectivity index (χ1v) is 11.2. The van der Waals surface area contributed by atoms with Crippen LogP contribution in [-0.2, 0) is 19.1 Å². The molecule has 0 aromatic heterocycles. The molecule has 1 unspecified atom stereocenters. The maximum atomic E-state index is 14.8. The fraction of sp³-hybridized carbons (Fsp3) is 0.526. The van der Waals surface area contributed by atoms with Crippen molar-refractivity contribution in [1.82, 2.24) is 0 Å². The number of hydrogen-bond donors (Lipinski definition) is 0. The first-order chi connectivity index (χ1) is 13.8. The summed E-state index contributed by atoms with van der Waals surface area (Å²) in [7, 11) is -5.57. The monoisotopic (exact) mass is 472 g/mol. The summed E-state index contributed by atoms with van der Waals surface area (Å²) < 4.78 is 107. The average molecular weight is 472 g/mol. The number of benzene rings is 1. The number of ketones is 1. The predicted molar refractivity (Wildman–Crippen MR) is 97.4 cm³/mol. The molecule has 0 bridgehead atoms. The van der Waals surface area contributed by atoms with Gasteiger partial charge in [0.25, 0.3) is 0 Å². The summed E-state index contributed by atoms with van der Waals surface area (Å²) in [6.07, 6.45) is -9.84. The number of alkyl halides is 6. The van der Waals surface area contributed by atoms with Crippen LogP contribution in [0.3, 0.4) is 0 Å². The average Bonchev–Trinajstić information content (AvgIpc) is 3.04. The van der Waals surface area contributed by atoms with Crippen molar-refractivity contribution in [1.29, 1.82) is 0 Å². The van der Waals surface area contributed by atoms with E-state index in [0.29, 0.717) is 0 Å². The third-order valence-electron chi connectivity index (χ3n) is 6.12. The predicted octanol–water partition coefficient (Wildman–Crippen LogP) is 6.25. The molecule has 0 saturated carbocycles. The summed E-state index contributed by atoms with van der Waals surface area (Å²) in [5, 5.41) is -3.38. The van der Waals surface area contributed by atoms with Crippen LogP contribution in [0.15, 0.2) is 24.2 Å². The molecular weight excluding hydrogens is 453 g/mol. The molecule has 1 spiro atoms. The van der Waals surface area contributed by atoms with Crippen LogP contribution in [-0.4, -0.2) is 29.3 Å². The standard InChI is InChI=1S/C19H19F6O5P/c1-10-8-11(14(26)18(20,21)22)13-12(9-10)17(19(23,24)25)27-6-7-31(17,28-13)29-15(2,3)16(4,5)30-31/h6-9H,1-5H3. The number of carbonyl (C=O) groups excluding carboxylic acids is 1. The Labute approximate surface area is 173 Å². The Morgan fingerprint density at radius 1 is 0.968 bits per heavy atom. The molecule has 3 aliphatic heterocycles. The van der Waals surface area contributed by atoms with Crippen molar-refractivity contribution < 1.29 is 49.4 Å².